The highest BCUT2D eigenvalue weighted by molar-refractivity contribution is 6.04. The molecular formula is C31H45N3O9. The number of allylic oxidation sites excluding steroid dienone is 2. The van der Waals surface area contributed by atoms with Crippen LogP contribution in [0.4, 0.5) is 16.2 Å². The summed E-state index contributed by atoms with van der Waals surface area (Å²) in [5.41, 5.74) is 6.18. The van der Waals surface area contributed by atoms with Crippen molar-refractivity contribution in [2.75, 3.05) is 26.1 Å². The molecule has 7 atom stereocenters. The predicted octanol–water partition coefficient (Wildman–Crippen LogP) is 2.76. The molecule has 1 unspecified atom stereocenters. The second-order valence-corrected chi connectivity index (χ2v) is 10.9. The lowest BCUT2D eigenvalue weighted by molar-refractivity contribution is -0.769. The number of carbonyl (C=O) groups excluding carboxylic acids is 2. The zero-order valence-corrected chi connectivity index (χ0v) is 25.6. The van der Waals surface area contributed by atoms with E-state index in [1.54, 1.807) is 39.0 Å². The van der Waals surface area contributed by atoms with E-state index in [0.717, 1.165) is 6.07 Å². The highest BCUT2D eigenvalue weighted by Gasteiger charge is 2.31. The van der Waals surface area contributed by atoms with E-state index in [1.165, 1.54) is 26.4 Å². The number of methoxy groups -OCH3 is 2. The molecule has 2 rings (SSSR count). The van der Waals surface area contributed by atoms with Crippen molar-refractivity contribution in [2.45, 2.75) is 65.0 Å². The van der Waals surface area contributed by atoms with Crippen LogP contribution in [-0.4, -0.2) is 72.5 Å². The van der Waals surface area contributed by atoms with E-state index >= 15 is 0 Å². The van der Waals surface area contributed by atoms with Crippen LogP contribution in [-0.2, 0) is 25.4 Å². The van der Waals surface area contributed by atoms with E-state index in [9.17, 15) is 30.1 Å². The van der Waals surface area contributed by atoms with Crippen molar-refractivity contribution in [2.24, 2.45) is 17.6 Å². The third kappa shape index (κ3) is 9.40. The summed E-state index contributed by atoms with van der Waals surface area (Å²) in [5, 5.41) is 48.4. The quantitative estimate of drug-likeness (QED) is 0.123. The number of primary amides is 1. The van der Waals surface area contributed by atoms with Crippen LogP contribution in [0.1, 0.15) is 39.7 Å². The molecule has 0 aliphatic carbocycles. The second-order valence-electron chi connectivity index (χ2n) is 10.9. The fraction of sp³-hybridized carbons (Fsp3) is 0.484. The molecule has 2 amide bonds. The van der Waals surface area contributed by atoms with Gasteiger partial charge in [0.15, 0.2) is 17.5 Å². The van der Waals surface area contributed by atoms with Gasteiger partial charge in [0.05, 0.1) is 30.0 Å². The summed E-state index contributed by atoms with van der Waals surface area (Å²) in [6.07, 6.45) is 3.83. The minimum absolute atomic E-state index is 0.0594. The Balaban J connectivity index is 2.71. The number of aliphatic hydroxyl groups is 1. The Morgan fingerprint density at radius 2 is 1.93 bits per heavy atom. The van der Waals surface area contributed by atoms with Gasteiger partial charge in [-0.15, -0.1) is 0 Å². The number of quaternary nitrogens is 1. The van der Waals surface area contributed by atoms with Crippen molar-refractivity contribution >= 4 is 23.4 Å². The van der Waals surface area contributed by atoms with E-state index in [2.05, 4.69) is 11.9 Å². The number of hydroxylamine groups is 1. The lowest BCUT2D eigenvalue weighted by atomic mass is 9.87. The molecule has 1 heterocycles. The molecular weight excluding hydrogens is 558 g/mol. The van der Waals surface area contributed by atoms with Gasteiger partial charge in [0, 0.05) is 31.8 Å². The van der Waals surface area contributed by atoms with Gasteiger partial charge < -0.3 is 50.9 Å². The number of anilines is 1. The molecule has 7 N–H and O–H groups in total. The van der Waals surface area contributed by atoms with Crippen molar-refractivity contribution in [3.63, 3.8) is 0 Å². The van der Waals surface area contributed by atoms with Crippen LogP contribution < -0.4 is 16.1 Å². The highest BCUT2D eigenvalue weighted by Crippen LogP contribution is 2.41. The molecule has 12 nitrogen and oxygen atoms in total. The van der Waals surface area contributed by atoms with E-state index in [-0.39, 0.29) is 47.1 Å². The molecule has 0 spiro atoms. The molecule has 43 heavy (non-hydrogen) atoms. The third-order valence-corrected chi connectivity index (χ3v) is 7.44. The maximum Gasteiger partial charge on any atom is 0.405 e. The standard InChI is InChI=1S/C31H45N3O9/c1-8-12-34(40)26-21-13-17(2)14-25(42-7)27(36)19(4)15-20(5)29(43-31(32)39)24(41-6)11-9-10-18(3)30(38)33-22(28(21)37)16-23(26)35/h8-11,15-17,19,24-25,27,29,34-37H,1,12-14H2,2-7H3,(H2,32,39)(H,33,38)/b11-9-,18-10+,20-15+/t17-,19+,24+,25+,27-,29+/m1/s1. The number of nitrogens with two attached hydrogens (primary N) is 1. The molecule has 0 saturated heterocycles. The van der Waals surface area contributed by atoms with Gasteiger partial charge in [-0.1, -0.05) is 44.7 Å². The Hall–Kier alpha value is -3.68. The van der Waals surface area contributed by atoms with Crippen molar-refractivity contribution in [1.29, 1.82) is 0 Å². The van der Waals surface area contributed by atoms with Crippen LogP contribution in [0.5, 0.6) is 11.5 Å². The molecule has 1 aromatic rings. The highest BCUT2D eigenvalue weighted by atomic mass is 16.6. The number of aliphatic hydroxyl groups excluding tert-OH is 1. The number of nitrogens with one attached hydrogen (secondary N) is 2. The van der Waals surface area contributed by atoms with Crippen LogP contribution in [0.3, 0.4) is 0 Å². The number of rotatable bonds is 6. The minimum atomic E-state index is -1.01. The number of aromatic hydroxyl groups is 2. The summed E-state index contributed by atoms with van der Waals surface area (Å²) >= 11 is 0. The number of fused-ring (bicyclic) bond motifs is 2. The second kappa shape index (κ2) is 16.2. The predicted molar refractivity (Wildman–Crippen MR) is 163 cm³/mol. The number of benzene rings is 1. The first-order valence-electron chi connectivity index (χ1n) is 14.0. The van der Waals surface area contributed by atoms with Crippen LogP contribution in [0.15, 0.2) is 54.2 Å². The van der Waals surface area contributed by atoms with Crippen molar-refractivity contribution in [3.8, 4) is 11.5 Å². The monoisotopic (exact) mass is 603 g/mol. The SMILES string of the molecule is C=CC[NH+]([O-])c1c(O)cc2c(O)c1C[C@@H](C)C[C@H](OC)[C@H](O)[C@@H](C)/C=C(\C)[C@H](OC(N)=O)[C@@H](OC)/C=C\C=C(/C)C(=O)N2. The Labute approximate surface area is 252 Å². The van der Waals surface area contributed by atoms with Gasteiger partial charge in [-0.25, -0.2) is 4.79 Å². The van der Waals surface area contributed by atoms with Crippen LogP contribution in [0, 0.1) is 17.0 Å². The zero-order chi connectivity index (χ0) is 32.4. The average Bonchev–Trinajstić information content (AvgIpc) is 2.94. The maximum atomic E-state index is 13.0. The number of ether oxygens (including phenoxy) is 3. The fourth-order valence-corrected chi connectivity index (χ4v) is 5.15. The number of hydrogen-bond acceptors (Lipinski definition) is 9. The summed E-state index contributed by atoms with van der Waals surface area (Å²) in [5.74, 6) is -2.04. The Morgan fingerprint density at radius 1 is 1.26 bits per heavy atom. The van der Waals surface area contributed by atoms with Gasteiger partial charge >= 0.3 is 6.09 Å². The van der Waals surface area contributed by atoms with Gasteiger partial charge in [0.25, 0.3) is 5.91 Å². The summed E-state index contributed by atoms with van der Waals surface area (Å²) in [6.45, 7) is 10.4. The molecule has 1 aliphatic heterocycles. The van der Waals surface area contributed by atoms with Crippen molar-refractivity contribution < 1.29 is 44.2 Å². The fourth-order valence-electron chi connectivity index (χ4n) is 5.15. The molecule has 238 valence electrons. The van der Waals surface area contributed by atoms with Crippen molar-refractivity contribution in [1.82, 2.24) is 0 Å². The normalized spacial score (nSPS) is 29.7. The lowest BCUT2D eigenvalue weighted by Crippen LogP contribution is -3.02. The lowest BCUT2D eigenvalue weighted by Gasteiger charge is -2.30. The number of hydrogen-bond donors (Lipinski definition) is 6. The molecule has 1 aliphatic rings. The van der Waals surface area contributed by atoms with Gasteiger partial charge in [0.2, 0.25) is 0 Å². The first-order valence-corrected chi connectivity index (χ1v) is 14.0. The molecule has 0 aromatic heterocycles. The smallest absolute Gasteiger partial charge is 0.405 e. The number of amides is 2. The Kier molecular flexibility index (Phi) is 13.4. The van der Waals surface area contributed by atoms with Gasteiger partial charge in [-0.05, 0) is 44.3 Å². The Morgan fingerprint density at radius 3 is 2.51 bits per heavy atom. The van der Waals surface area contributed by atoms with Gasteiger partial charge in [0.1, 0.15) is 11.9 Å². The number of carbonyl (C=O) groups is 2. The Bertz CT molecular complexity index is 1240. The average molecular weight is 604 g/mol. The van der Waals surface area contributed by atoms with Crippen LogP contribution >= 0.6 is 0 Å². The minimum Gasteiger partial charge on any atom is -0.629 e. The van der Waals surface area contributed by atoms with Crippen LogP contribution in [0.25, 0.3) is 0 Å². The van der Waals surface area contributed by atoms with Crippen molar-refractivity contribution in [3.05, 3.63) is 64.9 Å². The van der Waals surface area contributed by atoms with E-state index < -0.39 is 53.1 Å². The molecule has 0 fully saturated rings. The molecule has 2 bridgehead atoms. The maximum absolute atomic E-state index is 13.0. The zero-order valence-electron chi connectivity index (χ0n) is 25.6. The first kappa shape index (κ1) is 35.5. The third-order valence-electron chi connectivity index (χ3n) is 7.44. The molecule has 12 heteroatoms. The summed E-state index contributed by atoms with van der Waals surface area (Å²) < 4.78 is 16.6. The summed E-state index contributed by atoms with van der Waals surface area (Å²) in [6, 6.07) is 1.13. The molecule has 1 aromatic carbocycles. The van der Waals surface area contributed by atoms with E-state index in [1.807, 2.05) is 6.92 Å². The largest absolute Gasteiger partial charge is 0.629 e. The summed E-state index contributed by atoms with van der Waals surface area (Å²) in [4.78, 5) is 24.8. The number of phenols is 2. The molecule has 0 radical (unpaired) electrons. The first-order chi connectivity index (χ1) is 20.2. The van der Waals surface area contributed by atoms with Crippen LogP contribution in [0.2, 0.25) is 0 Å². The number of phenolic OH excluding ortho intramolecular Hbond substituents is 2. The topological polar surface area (TPSA) is 188 Å². The summed E-state index contributed by atoms with van der Waals surface area (Å²) in [7, 11) is 2.90. The molecule has 0 saturated carbocycles. The van der Waals surface area contributed by atoms with Gasteiger partial charge in [-0.3, -0.25) is 4.79 Å². The van der Waals surface area contributed by atoms with Gasteiger partial charge in [-0.2, -0.15) is 0 Å². The van der Waals surface area contributed by atoms with E-state index in [0.29, 0.717) is 12.0 Å². The van der Waals surface area contributed by atoms with E-state index in [4.69, 9.17) is 19.9 Å².